The van der Waals surface area contributed by atoms with Gasteiger partial charge in [-0.25, -0.2) is 59.0 Å². The second kappa shape index (κ2) is 48.5. The van der Waals surface area contributed by atoms with E-state index in [2.05, 4.69) is 105 Å². The fraction of sp³-hybridized carbons (Fsp3) is 0.350. The van der Waals surface area contributed by atoms with E-state index in [4.69, 9.17) is 78.3 Å². The maximum absolute atomic E-state index is 16.1. The lowest BCUT2D eigenvalue weighted by atomic mass is 10.1. The first-order chi connectivity index (χ1) is 66.2. The number of carbonyl (C=O) groups is 4. The highest BCUT2D eigenvalue weighted by Crippen LogP contribution is 2.43. The molecule has 4 aliphatic heterocycles. The lowest BCUT2D eigenvalue weighted by molar-refractivity contribution is 0.0278. The first kappa shape index (κ1) is 107. The van der Waals surface area contributed by atoms with Crippen molar-refractivity contribution >= 4 is 150 Å². The molecule has 140 heavy (non-hydrogen) atoms. The Morgan fingerprint density at radius 3 is 1.12 bits per heavy atom. The summed E-state index contributed by atoms with van der Waals surface area (Å²) in [5.74, 6) is 5.56. The molecule has 12 N–H and O–H groups in total. The lowest BCUT2D eigenvalue weighted by Gasteiger charge is -2.24. The molecule has 4 amide bonds. The molecule has 6 aromatic carbocycles. The number of halogens is 4. The van der Waals surface area contributed by atoms with Crippen molar-refractivity contribution in [1.29, 1.82) is 5.26 Å². The van der Waals surface area contributed by atoms with Crippen molar-refractivity contribution < 1.29 is 73.3 Å². The number of likely N-dealkylation sites (tertiary alicyclic amines) is 4. The minimum absolute atomic E-state index is 0. The Balaban J connectivity index is 0.000000182. The van der Waals surface area contributed by atoms with Crippen molar-refractivity contribution in [1.82, 2.24) is 83.9 Å². The fourth-order valence-corrected chi connectivity index (χ4v) is 17.7. The van der Waals surface area contributed by atoms with Gasteiger partial charge in [0, 0.05) is 97.5 Å². The maximum Gasteiger partial charge on any atom is 0.569 e. The summed E-state index contributed by atoms with van der Waals surface area (Å²) in [6.45, 7) is 30.6. The van der Waals surface area contributed by atoms with E-state index in [1.807, 2.05) is 211 Å². The summed E-state index contributed by atoms with van der Waals surface area (Å²) in [5.41, 5.74) is 22.1. The molecular formula is C100H119BClFI2N21O14. The van der Waals surface area contributed by atoms with E-state index in [0.29, 0.717) is 130 Å². The van der Waals surface area contributed by atoms with Crippen molar-refractivity contribution in [3.05, 3.63) is 226 Å². The molecule has 0 unspecified atom stereocenters. The van der Waals surface area contributed by atoms with Crippen LogP contribution in [-0.4, -0.2) is 195 Å². The van der Waals surface area contributed by atoms with E-state index in [0.717, 1.165) is 93.6 Å². The highest BCUT2D eigenvalue weighted by Gasteiger charge is 2.39. The zero-order valence-corrected chi connectivity index (χ0v) is 85.7. The average molecular weight is 2160 g/mol. The molecule has 4 aliphatic rings. The number of hydrogen-bond acceptors (Lipinski definition) is 26. The Hall–Kier alpha value is -13.4. The molecule has 35 nitrogen and oxygen atoms in total. The van der Waals surface area contributed by atoms with E-state index in [1.54, 1.807) is 81.1 Å². The van der Waals surface area contributed by atoms with Gasteiger partial charge in [-0.2, -0.15) is 9.65 Å². The van der Waals surface area contributed by atoms with Crippen LogP contribution in [-0.2, 0) is 18.9 Å². The zero-order chi connectivity index (χ0) is 100. The molecule has 12 heterocycles. The number of carbonyl (C=O) groups excluding carboxylic acids is 4. The third-order valence-electron chi connectivity index (χ3n) is 21.6. The monoisotopic (exact) mass is 2160 g/mol. The summed E-state index contributed by atoms with van der Waals surface area (Å²) in [4.78, 5) is 90.5. The van der Waals surface area contributed by atoms with Gasteiger partial charge in [0.25, 0.3) is 0 Å². The van der Waals surface area contributed by atoms with E-state index >= 15 is 4.39 Å². The smallest absolute Gasteiger partial charge is 0.537 e. The number of para-hydroxylation sites is 3. The van der Waals surface area contributed by atoms with Gasteiger partial charge in [0.15, 0.2) is 0 Å². The average Bonchev–Trinajstić information content (AvgIpc) is 1.58. The molecule has 0 bridgehead atoms. The predicted molar refractivity (Wildman–Crippen MR) is 556 cm³/mol. The molecule has 1 radical (unpaired) electrons. The zero-order valence-electron chi connectivity index (χ0n) is 81.6. The summed E-state index contributed by atoms with van der Waals surface area (Å²) in [5, 5.41) is 19.2. The second-order valence-electron chi connectivity index (χ2n) is 36.2. The number of ether oxygens (including phenoxy) is 7. The molecule has 0 aliphatic carbocycles. The van der Waals surface area contributed by atoms with Crippen molar-refractivity contribution in [2.24, 2.45) is 0 Å². The van der Waals surface area contributed by atoms with Crippen LogP contribution in [0.4, 0.5) is 41.0 Å². The van der Waals surface area contributed by atoms with E-state index in [9.17, 15) is 19.2 Å². The van der Waals surface area contributed by atoms with Crippen LogP contribution in [0.3, 0.4) is 0 Å². The van der Waals surface area contributed by atoms with Gasteiger partial charge in [-0.1, -0.05) is 104 Å². The largest absolute Gasteiger partial charge is 0.569 e. The number of anilines is 3. The first-order valence-corrected chi connectivity index (χ1v) is 47.2. The Morgan fingerprint density at radius 1 is 0.450 bits per heavy atom. The quantitative estimate of drug-likeness (QED) is 0.0292. The number of benzene rings is 6. The maximum atomic E-state index is 16.1. The van der Waals surface area contributed by atoms with Gasteiger partial charge in [-0.05, 0) is 250 Å². The highest BCUT2D eigenvalue weighted by molar-refractivity contribution is 14.1. The van der Waals surface area contributed by atoms with Crippen molar-refractivity contribution in [2.45, 2.75) is 176 Å². The number of fused-ring (bicyclic) bond motifs is 4. The number of nitrogen functional groups attached to an aromatic ring is 3. The summed E-state index contributed by atoms with van der Waals surface area (Å²) in [6, 6.07) is 52.4. The molecule has 4 saturated heterocycles. The van der Waals surface area contributed by atoms with Gasteiger partial charge in [0.05, 0.1) is 51.8 Å². The van der Waals surface area contributed by atoms with Gasteiger partial charge in [0.1, 0.15) is 133 Å². The van der Waals surface area contributed by atoms with Gasteiger partial charge < -0.3 is 105 Å². The van der Waals surface area contributed by atoms with Gasteiger partial charge in [0.2, 0.25) is 5.95 Å². The normalized spacial score (nSPS) is 15.5. The minimum Gasteiger partial charge on any atom is -0.537 e. The Labute approximate surface area is 847 Å². The SMILES string of the molecule is CC#N.CC(C)(C)OC(=O)N1CC[C@@H](n2c(F)c(-c3ccc(Oc4ccccc4)cc3)c3c(N)ncnc32)C1.CC(C)(C)OC(=O)N1CC[C@@H](n2cc(-c3ccc(Oc4ccccc4)cc3)c3c(N)ncnc32)C1.CC(C)(C)OC(=O)N1CC[C@@H](n2cc(I)c3c(Cl)ncnc32)C1.CC(C)(C)OC(=O)N1CC[C@@H](n2cc(I)c3c(N)ncnc32)C1.N.O.O[B]Oc1ccc(Oc2ccccc2)cc1.[2H]CC. The van der Waals surface area contributed by atoms with Crippen LogP contribution in [0.1, 0.15) is 155 Å². The van der Waals surface area contributed by atoms with E-state index < -0.39 is 34.4 Å². The molecule has 18 rings (SSSR count). The number of nitrogens with zero attached hydrogens (tertiary/aromatic N) is 17. The topological polar surface area (TPSA) is 466 Å². The summed E-state index contributed by atoms with van der Waals surface area (Å²) in [7, 11) is 0.646. The molecule has 4 fully saturated rings. The second-order valence-corrected chi connectivity index (χ2v) is 38.9. The molecule has 14 aromatic rings. The number of amides is 4. The summed E-state index contributed by atoms with van der Waals surface area (Å²) in [6.07, 6.45) is 13.7. The van der Waals surface area contributed by atoms with Crippen LogP contribution in [0.2, 0.25) is 5.15 Å². The minimum atomic E-state index is -0.605. The molecule has 4 atom stereocenters. The summed E-state index contributed by atoms with van der Waals surface area (Å²) < 4.78 is 76.3. The van der Waals surface area contributed by atoms with Crippen LogP contribution < -0.4 is 42.2 Å². The Morgan fingerprint density at radius 2 is 0.743 bits per heavy atom. The van der Waals surface area contributed by atoms with Crippen molar-refractivity contribution in [3.63, 3.8) is 0 Å². The highest BCUT2D eigenvalue weighted by atomic mass is 127. The van der Waals surface area contributed by atoms with Crippen molar-refractivity contribution in [3.8, 4) is 68.6 Å². The molecule has 0 saturated carbocycles. The van der Waals surface area contributed by atoms with Crippen molar-refractivity contribution in [2.75, 3.05) is 69.6 Å². The molecule has 8 aromatic heterocycles. The standard InChI is InChI=1S/C27H28FN5O3.C27H29N5O3.C15H18ClIN4O2.C15H20IN5O2.C12H10BO3.C2H3N.C2H6.H3N.H2O/c1-27(2,3)36-26(34)32-14-13-18(15-32)33-23(28)21(22-24(29)30-16-31-25(22)33)17-9-11-20(12-10-17)35-19-7-5-4-6-8-19;1-27(2,3)35-26(33)31-14-13-19(15-31)32-16-22(23-24(28)29-17-30-25(23)32)18-9-11-21(12-10-18)34-20-7-5-4-6-8-20;1-15(2,3)23-14(22)20-5-4-9(6-20)21-7-10(17)11-12(16)18-8-19-13(11)21;1-15(2,3)23-14(22)20-5-4-9(6-20)21-7-10(16)11-12(17)18-8-19-13(11)21;14-13-16-12-8-6-11(7-9-12)15-10-4-2-1-3-5-10;1-2-3;1-2;;/h4-12,16,18H,13-15H2,1-3H3,(H2,29,30,31);4-12,16-17,19H,13-15H2,1-3H3,(H2,28,29,30);7-9H,4-6H2,1-3H3;7-9H,4-6H2,1-3H3,(H2,17,18,19);1-9,14H;1H3;1-2H3;1H3;1H2/t18-;19-;2*9-;;;;;/m1111...../s1/i;;;;;;1D;;. The van der Waals surface area contributed by atoms with Gasteiger partial charge in [-0.3, -0.25) is 4.57 Å². The Kier molecular flexibility index (Phi) is 37.0. The van der Waals surface area contributed by atoms with E-state index in [-0.39, 0.29) is 59.9 Å². The number of hydrogen-bond donors (Lipinski definition) is 5. The third kappa shape index (κ3) is 28.2. The molecule has 40 heteroatoms. The first-order valence-electron chi connectivity index (χ1n) is 45.4. The summed E-state index contributed by atoms with van der Waals surface area (Å²) >= 11 is 10.7. The number of nitriles is 1. The van der Waals surface area contributed by atoms with Crippen LogP contribution in [0.5, 0.6) is 40.2 Å². The predicted octanol–water partition coefficient (Wildman–Crippen LogP) is 21.4. The van der Waals surface area contributed by atoms with Gasteiger partial charge in [-0.15, -0.1) is 0 Å². The van der Waals surface area contributed by atoms with Crippen LogP contribution >= 0.6 is 56.8 Å². The van der Waals surface area contributed by atoms with Crippen LogP contribution in [0.15, 0.2) is 208 Å². The molecular weight excluding hydrogens is 2040 g/mol. The fourth-order valence-electron chi connectivity index (χ4n) is 15.7. The number of aromatic nitrogens is 12. The van der Waals surface area contributed by atoms with E-state index in [1.165, 1.54) is 36.8 Å². The van der Waals surface area contributed by atoms with Crippen LogP contribution in [0.25, 0.3) is 66.4 Å². The molecule has 0 spiro atoms. The van der Waals surface area contributed by atoms with Gasteiger partial charge >= 0.3 is 32.1 Å². The molecule has 739 valence electrons. The Bertz CT molecular complexity index is 6440. The van der Waals surface area contributed by atoms with Crippen LogP contribution in [0, 0.1) is 24.4 Å². The lowest BCUT2D eigenvalue weighted by Crippen LogP contribution is -2.35. The third-order valence-corrected chi connectivity index (χ3v) is 23.5. The number of nitrogens with two attached hydrogens (primary N) is 3. The number of rotatable bonds is 14.